The van der Waals surface area contributed by atoms with Gasteiger partial charge in [-0.25, -0.2) is 8.78 Å². The fourth-order valence-electron chi connectivity index (χ4n) is 2.75. The summed E-state index contributed by atoms with van der Waals surface area (Å²) < 4.78 is 33.0. The van der Waals surface area contributed by atoms with Crippen LogP contribution in [0.5, 0.6) is 0 Å². The summed E-state index contributed by atoms with van der Waals surface area (Å²) in [6.07, 6.45) is 1.88. The largest absolute Gasteiger partial charge is 0.385 e. The Balaban J connectivity index is 1.94. The molecule has 5 heteroatoms. The number of aliphatic hydroxyl groups is 1. The van der Waals surface area contributed by atoms with Gasteiger partial charge in [0.05, 0.1) is 23.4 Å². The lowest BCUT2D eigenvalue weighted by Gasteiger charge is -2.35. The molecule has 1 N–H and O–H groups in total. The first-order valence-corrected chi connectivity index (χ1v) is 6.33. The lowest BCUT2D eigenvalue weighted by atomic mass is 9.75. The third-order valence-corrected chi connectivity index (χ3v) is 4.23. The average molecular weight is 275 g/mol. The average Bonchev–Trinajstić information content (AvgIpc) is 3.02. The number of hydrogen-bond acceptors (Lipinski definition) is 2. The van der Waals surface area contributed by atoms with Crippen molar-refractivity contribution < 1.29 is 18.6 Å². The van der Waals surface area contributed by atoms with Crippen molar-refractivity contribution in [3.8, 4) is 0 Å². The second-order valence-electron chi connectivity index (χ2n) is 5.25. The predicted molar refractivity (Wildman–Crippen MR) is 62.4 cm³/mol. The predicted octanol–water partition coefficient (Wildman–Crippen LogP) is 3.15. The first kappa shape index (κ1) is 12.3. The van der Waals surface area contributed by atoms with E-state index in [0.29, 0.717) is 32.3 Å². The van der Waals surface area contributed by atoms with Crippen molar-refractivity contribution in [2.45, 2.75) is 36.9 Å². The van der Waals surface area contributed by atoms with Crippen molar-refractivity contribution in [3.63, 3.8) is 0 Å². The summed E-state index contributed by atoms with van der Waals surface area (Å²) in [6, 6.07) is 2.08. The summed E-state index contributed by atoms with van der Waals surface area (Å²) in [5, 5.41) is 10.5. The molecule has 0 aromatic heterocycles. The van der Waals surface area contributed by atoms with Crippen LogP contribution >= 0.6 is 11.6 Å². The first-order chi connectivity index (χ1) is 8.44. The van der Waals surface area contributed by atoms with E-state index < -0.39 is 17.2 Å². The van der Waals surface area contributed by atoms with Crippen LogP contribution in [-0.4, -0.2) is 17.3 Å². The van der Waals surface area contributed by atoms with Crippen molar-refractivity contribution >= 4 is 11.6 Å². The molecule has 98 valence electrons. The van der Waals surface area contributed by atoms with Crippen LogP contribution in [0.3, 0.4) is 0 Å². The Hall–Kier alpha value is -0.710. The van der Waals surface area contributed by atoms with E-state index in [2.05, 4.69) is 0 Å². The molecule has 0 amide bonds. The Bertz CT molecular complexity index is 467. The van der Waals surface area contributed by atoms with E-state index in [1.165, 1.54) is 0 Å². The molecule has 1 spiro atoms. The summed E-state index contributed by atoms with van der Waals surface area (Å²) in [6.45, 7) is 0.689. The highest BCUT2D eigenvalue weighted by molar-refractivity contribution is 6.30. The van der Waals surface area contributed by atoms with Crippen LogP contribution in [0.25, 0.3) is 0 Å². The van der Waals surface area contributed by atoms with Crippen molar-refractivity contribution in [3.05, 3.63) is 34.4 Å². The van der Waals surface area contributed by atoms with Gasteiger partial charge in [0, 0.05) is 5.02 Å². The van der Waals surface area contributed by atoms with Crippen LogP contribution in [0.1, 0.15) is 31.2 Å². The number of ether oxygens (including phenoxy) is 1. The van der Waals surface area contributed by atoms with Gasteiger partial charge in [-0.3, -0.25) is 0 Å². The monoisotopic (exact) mass is 274 g/mol. The van der Waals surface area contributed by atoms with Crippen molar-refractivity contribution in [2.24, 2.45) is 0 Å². The van der Waals surface area contributed by atoms with E-state index in [1.807, 2.05) is 0 Å². The molecule has 1 aliphatic heterocycles. The normalized spacial score (nSPS) is 34.9. The van der Waals surface area contributed by atoms with Crippen LogP contribution in [0.2, 0.25) is 5.02 Å². The maximum atomic E-state index is 13.8. The standard InChI is InChI=1S/C13H13ClF2O2/c14-8-5-9(15)11(10(16)6-8)13(17)3-1-12(2-4-13)7-18-12/h5-6,17H,1-4,7H2/t12-,13-. The van der Waals surface area contributed by atoms with Gasteiger partial charge in [0.1, 0.15) is 11.6 Å². The fraction of sp³-hybridized carbons (Fsp3) is 0.538. The second kappa shape index (κ2) is 3.89. The molecule has 0 bridgehead atoms. The molecule has 2 nitrogen and oxygen atoms in total. The molecule has 0 radical (unpaired) electrons. The topological polar surface area (TPSA) is 32.8 Å². The maximum Gasteiger partial charge on any atom is 0.133 e. The van der Waals surface area contributed by atoms with Crippen LogP contribution in [0.15, 0.2) is 12.1 Å². The van der Waals surface area contributed by atoms with Gasteiger partial charge in [-0.05, 0) is 37.8 Å². The fourth-order valence-corrected chi connectivity index (χ4v) is 2.94. The zero-order valence-corrected chi connectivity index (χ0v) is 10.4. The molecule has 0 atom stereocenters. The molecule has 1 aliphatic carbocycles. The van der Waals surface area contributed by atoms with Crippen molar-refractivity contribution in [1.29, 1.82) is 0 Å². The lowest BCUT2D eigenvalue weighted by Crippen LogP contribution is -2.36. The third-order valence-electron chi connectivity index (χ3n) is 4.01. The van der Waals surface area contributed by atoms with Crippen molar-refractivity contribution in [1.82, 2.24) is 0 Å². The highest BCUT2D eigenvalue weighted by Crippen LogP contribution is 2.49. The van der Waals surface area contributed by atoms with Crippen molar-refractivity contribution in [2.75, 3.05) is 6.61 Å². The third kappa shape index (κ3) is 1.92. The second-order valence-corrected chi connectivity index (χ2v) is 5.68. The Morgan fingerprint density at radius 1 is 1.11 bits per heavy atom. The molecule has 1 saturated heterocycles. The molecule has 18 heavy (non-hydrogen) atoms. The smallest absolute Gasteiger partial charge is 0.133 e. The van der Waals surface area contributed by atoms with E-state index in [9.17, 15) is 13.9 Å². The Morgan fingerprint density at radius 2 is 1.61 bits per heavy atom. The van der Waals surface area contributed by atoms with E-state index in [0.717, 1.165) is 12.1 Å². The van der Waals surface area contributed by atoms with Gasteiger partial charge in [-0.1, -0.05) is 11.6 Å². The van der Waals surface area contributed by atoms with Crippen LogP contribution < -0.4 is 0 Å². The minimum absolute atomic E-state index is 0.00449. The van der Waals surface area contributed by atoms with Gasteiger partial charge < -0.3 is 9.84 Å². The van der Waals surface area contributed by atoms with E-state index in [1.54, 1.807) is 0 Å². The SMILES string of the molecule is O[C@]1(c2c(F)cc(Cl)cc2F)CC[C@@]2(CC1)CO2. The zero-order valence-electron chi connectivity index (χ0n) is 9.68. The summed E-state index contributed by atoms with van der Waals surface area (Å²) in [5.74, 6) is -1.56. The Kier molecular flexibility index (Phi) is 2.66. The number of rotatable bonds is 1. The summed E-state index contributed by atoms with van der Waals surface area (Å²) in [5.41, 5.74) is -1.84. The van der Waals surface area contributed by atoms with Crippen LogP contribution in [0, 0.1) is 11.6 Å². The quantitative estimate of drug-likeness (QED) is 0.798. The molecule has 1 aromatic rings. The number of epoxide rings is 1. The summed E-state index contributed by atoms with van der Waals surface area (Å²) in [7, 11) is 0. The first-order valence-electron chi connectivity index (χ1n) is 5.96. The molecule has 2 aliphatic rings. The zero-order chi connectivity index (χ0) is 13.0. The van der Waals surface area contributed by atoms with Gasteiger partial charge in [-0.15, -0.1) is 0 Å². The van der Waals surface area contributed by atoms with Gasteiger partial charge in [-0.2, -0.15) is 0 Å². The van der Waals surface area contributed by atoms with Gasteiger partial charge in [0.15, 0.2) is 0 Å². The number of hydrogen-bond donors (Lipinski definition) is 1. The van der Waals surface area contributed by atoms with Gasteiger partial charge in [0.25, 0.3) is 0 Å². The van der Waals surface area contributed by atoms with E-state index >= 15 is 0 Å². The number of benzene rings is 1. The minimum Gasteiger partial charge on any atom is -0.385 e. The molecular formula is C13H13ClF2O2. The highest BCUT2D eigenvalue weighted by Gasteiger charge is 2.52. The van der Waals surface area contributed by atoms with Gasteiger partial charge >= 0.3 is 0 Å². The molecule has 1 saturated carbocycles. The minimum atomic E-state index is -1.45. The number of halogens is 3. The molecule has 1 heterocycles. The Labute approximate surface area is 109 Å². The van der Waals surface area contributed by atoms with Crippen LogP contribution in [-0.2, 0) is 10.3 Å². The maximum absolute atomic E-state index is 13.8. The van der Waals surface area contributed by atoms with Crippen LogP contribution in [0.4, 0.5) is 8.78 Å². The highest BCUT2D eigenvalue weighted by atomic mass is 35.5. The van der Waals surface area contributed by atoms with E-state index in [4.69, 9.17) is 16.3 Å². The van der Waals surface area contributed by atoms with E-state index in [-0.39, 0.29) is 16.2 Å². The summed E-state index contributed by atoms with van der Waals surface area (Å²) >= 11 is 5.58. The molecule has 2 fully saturated rings. The molecule has 0 unspecified atom stereocenters. The molecular weight excluding hydrogens is 262 g/mol. The molecule has 3 rings (SSSR count). The molecule has 1 aromatic carbocycles. The summed E-state index contributed by atoms with van der Waals surface area (Å²) in [4.78, 5) is 0. The Morgan fingerprint density at radius 3 is 2.06 bits per heavy atom. The lowest BCUT2D eigenvalue weighted by molar-refractivity contribution is -0.0261. The van der Waals surface area contributed by atoms with Gasteiger partial charge in [0.2, 0.25) is 0 Å².